The van der Waals surface area contributed by atoms with Gasteiger partial charge in [0.1, 0.15) is 12.1 Å². The SMILES string of the molecule is COc1ccc(/C=N/n2cn[nH]c2=S)cc1Br. The molecule has 1 N–H and O–H groups in total. The summed E-state index contributed by atoms with van der Waals surface area (Å²) in [5, 5.41) is 10.6. The van der Waals surface area contributed by atoms with Crippen LogP contribution in [0.25, 0.3) is 0 Å². The highest BCUT2D eigenvalue weighted by atomic mass is 79.9. The first-order valence-electron chi connectivity index (χ1n) is 4.70. The van der Waals surface area contributed by atoms with Gasteiger partial charge in [0.25, 0.3) is 0 Å². The molecule has 1 aromatic heterocycles. The molecule has 0 bridgehead atoms. The molecule has 0 amide bonds. The summed E-state index contributed by atoms with van der Waals surface area (Å²) in [4.78, 5) is 0. The second-order valence-corrected chi connectivity index (χ2v) is 4.39. The van der Waals surface area contributed by atoms with E-state index in [0.717, 1.165) is 15.8 Å². The molecule has 2 rings (SSSR count). The molecule has 0 spiro atoms. The van der Waals surface area contributed by atoms with Crippen molar-refractivity contribution in [1.29, 1.82) is 0 Å². The topological polar surface area (TPSA) is 55.2 Å². The monoisotopic (exact) mass is 312 g/mol. The highest BCUT2D eigenvalue weighted by molar-refractivity contribution is 9.10. The number of benzene rings is 1. The van der Waals surface area contributed by atoms with E-state index in [9.17, 15) is 0 Å². The summed E-state index contributed by atoms with van der Waals surface area (Å²) in [6.07, 6.45) is 3.20. The maximum atomic E-state index is 5.14. The predicted octanol–water partition coefficient (Wildman–Crippen LogP) is 2.59. The minimum absolute atomic E-state index is 0.453. The highest BCUT2D eigenvalue weighted by Crippen LogP contribution is 2.24. The Balaban J connectivity index is 2.25. The fourth-order valence-corrected chi connectivity index (χ4v) is 1.92. The van der Waals surface area contributed by atoms with E-state index in [2.05, 4.69) is 31.2 Å². The number of nitrogens with zero attached hydrogens (tertiary/aromatic N) is 3. The van der Waals surface area contributed by atoms with Crippen molar-refractivity contribution in [3.63, 3.8) is 0 Å². The number of nitrogens with one attached hydrogen (secondary N) is 1. The molecule has 0 atom stereocenters. The van der Waals surface area contributed by atoms with Gasteiger partial charge in [0, 0.05) is 0 Å². The van der Waals surface area contributed by atoms with E-state index in [1.807, 2.05) is 18.2 Å². The van der Waals surface area contributed by atoms with Gasteiger partial charge in [-0.15, -0.1) is 0 Å². The van der Waals surface area contributed by atoms with Gasteiger partial charge in [0.2, 0.25) is 4.77 Å². The molecule has 0 radical (unpaired) electrons. The predicted molar refractivity (Wildman–Crippen MR) is 71.1 cm³/mol. The molecule has 0 fully saturated rings. The summed E-state index contributed by atoms with van der Waals surface area (Å²) in [6.45, 7) is 0. The van der Waals surface area contributed by atoms with Crippen LogP contribution in [-0.2, 0) is 0 Å². The van der Waals surface area contributed by atoms with E-state index in [0.29, 0.717) is 4.77 Å². The maximum Gasteiger partial charge on any atom is 0.216 e. The van der Waals surface area contributed by atoms with Crippen molar-refractivity contribution < 1.29 is 4.74 Å². The molecular weight excluding hydrogens is 304 g/mol. The normalized spacial score (nSPS) is 10.9. The Morgan fingerprint density at radius 3 is 3.00 bits per heavy atom. The van der Waals surface area contributed by atoms with Gasteiger partial charge in [0.15, 0.2) is 0 Å². The molecule has 0 unspecified atom stereocenters. The Morgan fingerprint density at radius 2 is 2.41 bits per heavy atom. The van der Waals surface area contributed by atoms with Crippen LogP contribution in [0.5, 0.6) is 5.75 Å². The van der Waals surface area contributed by atoms with E-state index in [1.165, 1.54) is 11.0 Å². The van der Waals surface area contributed by atoms with Gasteiger partial charge in [-0.25, -0.2) is 0 Å². The molecule has 0 aliphatic carbocycles. The number of halogens is 1. The second-order valence-electron chi connectivity index (χ2n) is 3.14. The minimum atomic E-state index is 0.453. The third-order valence-electron chi connectivity index (χ3n) is 2.04. The zero-order valence-corrected chi connectivity index (χ0v) is 11.3. The van der Waals surface area contributed by atoms with E-state index in [4.69, 9.17) is 17.0 Å². The van der Waals surface area contributed by atoms with Crippen molar-refractivity contribution in [2.24, 2.45) is 5.10 Å². The van der Waals surface area contributed by atoms with Crippen LogP contribution in [0.15, 0.2) is 34.1 Å². The van der Waals surface area contributed by atoms with Crippen molar-refractivity contribution >= 4 is 34.4 Å². The Labute approximate surface area is 111 Å². The van der Waals surface area contributed by atoms with Crippen LogP contribution < -0.4 is 4.74 Å². The average molecular weight is 313 g/mol. The molecule has 0 aliphatic heterocycles. The fraction of sp³-hybridized carbons (Fsp3) is 0.100. The van der Waals surface area contributed by atoms with Gasteiger partial charge in [0.05, 0.1) is 17.8 Å². The van der Waals surface area contributed by atoms with Crippen LogP contribution in [0.4, 0.5) is 0 Å². The van der Waals surface area contributed by atoms with Crippen LogP contribution in [0.2, 0.25) is 0 Å². The highest BCUT2D eigenvalue weighted by Gasteiger charge is 1.99. The van der Waals surface area contributed by atoms with Crippen molar-refractivity contribution in [3.05, 3.63) is 39.3 Å². The number of rotatable bonds is 3. The van der Waals surface area contributed by atoms with Crippen molar-refractivity contribution in [2.75, 3.05) is 7.11 Å². The molecule has 17 heavy (non-hydrogen) atoms. The molecule has 0 saturated heterocycles. The first-order valence-corrected chi connectivity index (χ1v) is 5.91. The van der Waals surface area contributed by atoms with Crippen molar-refractivity contribution in [3.8, 4) is 5.75 Å². The number of ether oxygens (including phenoxy) is 1. The summed E-state index contributed by atoms with van der Waals surface area (Å²) in [5.74, 6) is 0.780. The standard InChI is InChI=1S/C10H9BrN4OS/c1-16-9-3-2-7(4-8(9)11)5-13-15-6-12-14-10(15)17/h2-6H,1H3,(H,14,17)/b13-5+. The van der Waals surface area contributed by atoms with E-state index in [-0.39, 0.29) is 0 Å². The van der Waals surface area contributed by atoms with Crippen LogP contribution in [0, 0.1) is 4.77 Å². The Kier molecular flexibility index (Phi) is 3.70. The van der Waals surface area contributed by atoms with Gasteiger partial charge in [-0.3, -0.25) is 5.10 Å². The second kappa shape index (κ2) is 5.24. The average Bonchev–Trinajstić information content (AvgIpc) is 2.72. The molecule has 0 saturated carbocycles. The molecule has 0 aliphatic rings. The third kappa shape index (κ3) is 2.80. The lowest BCUT2D eigenvalue weighted by atomic mass is 10.2. The lowest BCUT2D eigenvalue weighted by molar-refractivity contribution is 0.412. The van der Waals surface area contributed by atoms with Crippen LogP contribution >= 0.6 is 28.1 Å². The fourth-order valence-electron chi connectivity index (χ4n) is 1.22. The zero-order chi connectivity index (χ0) is 12.3. The number of aromatic amines is 1. The summed E-state index contributed by atoms with van der Waals surface area (Å²) in [5.41, 5.74) is 0.931. The number of hydrogen-bond donors (Lipinski definition) is 1. The van der Waals surface area contributed by atoms with Crippen LogP contribution in [0.1, 0.15) is 5.56 Å². The largest absolute Gasteiger partial charge is 0.496 e. The maximum absolute atomic E-state index is 5.14. The molecule has 1 heterocycles. The summed E-state index contributed by atoms with van der Waals surface area (Å²) in [6, 6.07) is 5.67. The quantitative estimate of drug-likeness (QED) is 0.700. The van der Waals surface area contributed by atoms with Gasteiger partial charge >= 0.3 is 0 Å². The van der Waals surface area contributed by atoms with Crippen LogP contribution in [-0.4, -0.2) is 28.2 Å². The molecule has 1 aromatic carbocycles. The number of methoxy groups -OCH3 is 1. The molecule has 5 nitrogen and oxygen atoms in total. The van der Waals surface area contributed by atoms with Crippen molar-refractivity contribution in [1.82, 2.24) is 14.9 Å². The van der Waals surface area contributed by atoms with E-state index >= 15 is 0 Å². The first-order chi connectivity index (χ1) is 8.20. The number of hydrogen-bond acceptors (Lipinski definition) is 4. The summed E-state index contributed by atoms with van der Waals surface area (Å²) in [7, 11) is 1.62. The minimum Gasteiger partial charge on any atom is -0.496 e. The Hall–Kier alpha value is -1.47. The lowest BCUT2D eigenvalue weighted by Gasteiger charge is -2.02. The van der Waals surface area contributed by atoms with E-state index in [1.54, 1.807) is 13.3 Å². The molecular formula is C10H9BrN4OS. The summed E-state index contributed by atoms with van der Waals surface area (Å²) < 4.78 is 7.95. The number of aromatic nitrogens is 3. The third-order valence-corrected chi connectivity index (χ3v) is 2.94. The Bertz CT molecular complexity index is 604. The van der Waals surface area contributed by atoms with E-state index < -0.39 is 0 Å². The molecule has 7 heteroatoms. The van der Waals surface area contributed by atoms with Crippen LogP contribution in [0.3, 0.4) is 0 Å². The Morgan fingerprint density at radius 1 is 1.59 bits per heavy atom. The van der Waals surface area contributed by atoms with Gasteiger partial charge in [-0.2, -0.15) is 14.9 Å². The van der Waals surface area contributed by atoms with Gasteiger partial charge in [-0.05, 0) is 51.9 Å². The first kappa shape index (κ1) is 12.0. The van der Waals surface area contributed by atoms with Gasteiger partial charge < -0.3 is 4.74 Å². The summed E-state index contributed by atoms with van der Waals surface area (Å²) >= 11 is 8.38. The van der Waals surface area contributed by atoms with Crippen molar-refractivity contribution in [2.45, 2.75) is 0 Å². The smallest absolute Gasteiger partial charge is 0.216 e. The number of H-pyrrole nitrogens is 1. The zero-order valence-electron chi connectivity index (χ0n) is 8.92. The molecule has 2 aromatic rings. The molecule has 88 valence electrons. The van der Waals surface area contributed by atoms with Gasteiger partial charge in [-0.1, -0.05) is 0 Å². The lowest BCUT2D eigenvalue weighted by Crippen LogP contribution is -1.90.